The Bertz CT molecular complexity index is 450. The lowest BCUT2D eigenvalue weighted by Crippen LogP contribution is -2.44. The van der Waals surface area contributed by atoms with Crippen LogP contribution in [0.1, 0.15) is 18.4 Å². The fourth-order valence-corrected chi connectivity index (χ4v) is 2.51. The van der Waals surface area contributed by atoms with Crippen molar-refractivity contribution in [2.24, 2.45) is 0 Å². The number of hydrogen-bond acceptors (Lipinski definition) is 3. The first-order valence-corrected chi connectivity index (χ1v) is 6.44. The molecule has 1 atom stereocenters. The molecule has 19 heavy (non-hydrogen) atoms. The van der Waals surface area contributed by atoms with Crippen LogP contribution in [0.5, 0.6) is 0 Å². The second-order valence-electron chi connectivity index (χ2n) is 4.60. The van der Waals surface area contributed by atoms with Crippen LogP contribution in [-0.4, -0.2) is 31.2 Å². The maximum Gasteiger partial charge on any atom is 0.417 e. The van der Waals surface area contributed by atoms with Gasteiger partial charge >= 0.3 is 6.18 Å². The minimum Gasteiger partial charge on any atom is -0.354 e. The SMILES string of the molecule is CN[C@H]1CCCN(c2ncc(C(F)(F)F)cc2Cl)C1. The zero-order chi connectivity index (χ0) is 14.0. The molecule has 1 aromatic heterocycles. The number of nitrogens with zero attached hydrogens (tertiary/aromatic N) is 2. The van der Waals surface area contributed by atoms with E-state index < -0.39 is 11.7 Å². The molecule has 1 N–H and O–H groups in total. The predicted molar refractivity (Wildman–Crippen MR) is 68.5 cm³/mol. The van der Waals surface area contributed by atoms with Gasteiger partial charge in [-0.2, -0.15) is 13.2 Å². The van der Waals surface area contributed by atoms with E-state index in [4.69, 9.17) is 11.6 Å². The van der Waals surface area contributed by atoms with Gasteiger partial charge in [-0.25, -0.2) is 4.98 Å². The van der Waals surface area contributed by atoms with E-state index in [0.29, 0.717) is 18.4 Å². The average molecular weight is 294 g/mol. The molecule has 7 heteroatoms. The molecule has 0 saturated carbocycles. The van der Waals surface area contributed by atoms with Crippen LogP contribution >= 0.6 is 11.6 Å². The molecule has 1 aliphatic heterocycles. The van der Waals surface area contributed by atoms with Gasteiger partial charge in [0, 0.05) is 25.3 Å². The molecule has 0 spiro atoms. The maximum atomic E-state index is 12.5. The van der Waals surface area contributed by atoms with E-state index in [1.165, 1.54) is 0 Å². The third-order valence-corrected chi connectivity index (χ3v) is 3.56. The normalized spacial score (nSPS) is 20.7. The topological polar surface area (TPSA) is 28.2 Å². The molecule has 0 unspecified atom stereocenters. The molecule has 2 heterocycles. The summed E-state index contributed by atoms with van der Waals surface area (Å²) in [5.41, 5.74) is -0.816. The van der Waals surface area contributed by atoms with Gasteiger partial charge in [0.05, 0.1) is 10.6 Å². The van der Waals surface area contributed by atoms with Crippen LogP contribution in [0.15, 0.2) is 12.3 Å². The molecule has 1 aromatic rings. The van der Waals surface area contributed by atoms with Gasteiger partial charge in [0.1, 0.15) is 5.82 Å². The molecular weight excluding hydrogens is 279 g/mol. The summed E-state index contributed by atoms with van der Waals surface area (Å²) in [7, 11) is 1.87. The molecule has 0 aromatic carbocycles. The minimum absolute atomic E-state index is 0.0478. The first-order valence-electron chi connectivity index (χ1n) is 6.06. The van der Waals surface area contributed by atoms with Gasteiger partial charge in [-0.1, -0.05) is 11.6 Å². The first-order chi connectivity index (χ1) is 8.91. The van der Waals surface area contributed by atoms with Crippen molar-refractivity contribution in [1.29, 1.82) is 0 Å². The van der Waals surface area contributed by atoms with Gasteiger partial charge in [-0.15, -0.1) is 0 Å². The van der Waals surface area contributed by atoms with Gasteiger partial charge in [0.25, 0.3) is 0 Å². The van der Waals surface area contributed by atoms with E-state index >= 15 is 0 Å². The van der Waals surface area contributed by atoms with Crippen molar-refractivity contribution in [2.75, 3.05) is 25.0 Å². The molecule has 2 rings (SSSR count). The lowest BCUT2D eigenvalue weighted by Gasteiger charge is -2.33. The maximum absolute atomic E-state index is 12.5. The minimum atomic E-state index is -4.41. The standard InChI is InChI=1S/C12H15ClF3N3/c1-17-9-3-2-4-19(7-9)11-10(13)5-8(6-18-11)12(14,15)16/h5-6,9,17H,2-4,7H2,1H3/t9-/m0/s1. The summed E-state index contributed by atoms with van der Waals surface area (Å²) in [5.74, 6) is 0.426. The highest BCUT2D eigenvalue weighted by molar-refractivity contribution is 6.33. The van der Waals surface area contributed by atoms with Crippen molar-refractivity contribution in [1.82, 2.24) is 10.3 Å². The van der Waals surface area contributed by atoms with E-state index in [1.807, 2.05) is 11.9 Å². The van der Waals surface area contributed by atoms with Crippen LogP contribution < -0.4 is 10.2 Å². The van der Waals surface area contributed by atoms with Gasteiger partial charge < -0.3 is 10.2 Å². The van der Waals surface area contributed by atoms with Crippen molar-refractivity contribution in [3.63, 3.8) is 0 Å². The van der Waals surface area contributed by atoms with Crippen LogP contribution in [0, 0.1) is 0 Å². The van der Waals surface area contributed by atoms with Crippen LogP contribution in [0.25, 0.3) is 0 Å². The van der Waals surface area contributed by atoms with Gasteiger partial charge in [-0.3, -0.25) is 0 Å². The van der Waals surface area contributed by atoms with Crippen LogP contribution in [0.3, 0.4) is 0 Å². The monoisotopic (exact) mass is 293 g/mol. The molecule has 1 fully saturated rings. The van der Waals surface area contributed by atoms with E-state index in [-0.39, 0.29) is 5.02 Å². The highest BCUT2D eigenvalue weighted by Crippen LogP contribution is 2.34. The number of pyridine rings is 1. The lowest BCUT2D eigenvalue weighted by atomic mass is 10.1. The predicted octanol–water partition coefficient (Wildman–Crippen LogP) is 2.94. The zero-order valence-electron chi connectivity index (χ0n) is 10.5. The zero-order valence-corrected chi connectivity index (χ0v) is 11.2. The summed E-state index contributed by atoms with van der Waals surface area (Å²) in [6.07, 6.45) is -1.56. The summed E-state index contributed by atoms with van der Waals surface area (Å²) >= 11 is 5.94. The quantitative estimate of drug-likeness (QED) is 0.909. The molecule has 1 aliphatic rings. The molecule has 0 radical (unpaired) electrons. The molecule has 3 nitrogen and oxygen atoms in total. The Labute approximate surface area is 114 Å². The Morgan fingerprint density at radius 3 is 2.79 bits per heavy atom. The number of nitrogens with one attached hydrogen (secondary N) is 1. The summed E-state index contributed by atoms with van der Waals surface area (Å²) in [6.45, 7) is 1.46. The third kappa shape index (κ3) is 3.30. The molecule has 106 valence electrons. The van der Waals surface area contributed by atoms with E-state index in [9.17, 15) is 13.2 Å². The molecule has 0 bridgehead atoms. The highest BCUT2D eigenvalue weighted by atomic mass is 35.5. The highest BCUT2D eigenvalue weighted by Gasteiger charge is 2.32. The number of rotatable bonds is 2. The number of alkyl halides is 3. The van der Waals surface area contributed by atoms with Crippen molar-refractivity contribution in [2.45, 2.75) is 25.1 Å². The Morgan fingerprint density at radius 2 is 2.21 bits per heavy atom. The molecule has 0 aliphatic carbocycles. The second kappa shape index (κ2) is 5.54. The Hall–Kier alpha value is -1.01. The fraction of sp³-hybridized carbons (Fsp3) is 0.583. The number of hydrogen-bond donors (Lipinski definition) is 1. The van der Waals surface area contributed by atoms with Crippen LogP contribution in [0.4, 0.5) is 19.0 Å². The average Bonchev–Trinajstić information content (AvgIpc) is 2.37. The second-order valence-corrected chi connectivity index (χ2v) is 5.01. The van der Waals surface area contributed by atoms with Crippen molar-refractivity contribution >= 4 is 17.4 Å². The smallest absolute Gasteiger partial charge is 0.354 e. The van der Waals surface area contributed by atoms with Gasteiger partial charge in [0.2, 0.25) is 0 Å². The third-order valence-electron chi connectivity index (χ3n) is 3.28. The Morgan fingerprint density at radius 1 is 1.47 bits per heavy atom. The first kappa shape index (κ1) is 14.4. The number of aromatic nitrogens is 1. The molecular formula is C12H15ClF3N3. The number of halogens is 4. The molecule has 0 amide bonds. The van der Waals surface area contributed by atoms with Crippen LogP contribution in [0.2, 0.25) is 5.02 Å². The Kier molecular flexibility index (Phi) is 4.20. The fourth-order valence-electron chi connectivity index (χ4n) is 2.22. The van der Waals surface area contributed by atoms with E-state index in [2.05, 4.69) is 10.3 Å². The summed E-state index contributed by atoms with van der Waals surface area (Å²) in [6, 6.07) is 1.25. The van der Waals surface area contributed by atoms with Crippen molar-refractivity contribution < 1.29 is 13.2 Å². The number of piperidine rings is 1. The molecule has 1 saturated heterocycles. The summed E-state index contributed by atoms with van der Waals surface area (Å²) in [4.78, 5) is 5.81. The van der Waals surface area contributed by atoms with Gasteiger partial charge in [0.15, 0.2) is 0 Å². The summed E-state index contributed by atoms with van der Waals surface area (Å²) < 4.78 is 37.6. The Balaban J connectivity index is 2.21. The van der Waals surface area contributed by atoms with E-state index in [0.717, 1.165) is 31.6 Å². The van der Waals surface area contributed by atoms with Crippen LogP contribution in [-0.2, 0) is 6.18 Å². The number of anilines is 1. The van der Waals surface area contributed by atoms with E-state index in [1.54, 1.807) is 0 Å². The van der Waals surface area contributed by atoms with Gasteiger partial charge in [-0.05, 0) is 26.0 Å². The van der Waals surface area contributed by atoms with Crippen molar-refractivity contribution in [3.05, 3.63) is 22.8 Å². The largest absolute Gasteiger partial charge is 0.417 e. The lowest BCUT2D eigenvalue weighted by molar-refractivity contribution is -0.137. The van der Waals surface area contributed by atoms with Crippen molar-refractivity contribution in [3.8, 4) is 0 Å². The number of likely N-dealkylation sites (N-methyl/N-ethyl adjacent to an activating group) is 1. The summed E-state index contributed by atoms with van der Waals surface area (Å²) in [5, 5.41) is 3.21.